The van der Waals surface area contributed by atoms with Gasteiger partial charge in [-0.1, -0.05) is 84.4 Å². The van der Waals surface area contributed by atoms with Crippen molar-refractivity contribution in [2.45, 2.75) is 13.0 Å². The first-order valence-corrected chi connectivity index (χ1v) is 10.7. The lowest BCUT2D eigenvalue weighted by atomic mass is 9.98. The molecular formula is C29H20O4. The van der Waals surface area contributed by atoms with E-state index in [0.717, 1.165) is 11.1 Å². The van der Waals surface area contributed by atoms with Gasteiger partial charge in [0, 0.05) is 22.3 Å². The number of aryl methyl sites for hydroxylation is 1. The highest BCUT2D eigenvalue weighted by Gasteiger charge is 2.30. The maximum absolute atomic E-state index is 13.3. The van der Waals surface area contributed by atoms with Crippen LogP contribution >= 0.6 is 0 Å². The standard InChI is InChI=1S/C29H20O4/c1-18-11-13-19(14-12-18)26(30)28(20-7-3-2-4-8-20)33-29(32)21-15-16-24-25(17-21)22-9-5-6-10-23(22)27(24)31/h2-17,28H,1H3/t28-/m0/s1. The molecule has 0 saturated heterocycles. The summed E-state index contributed by atoms with van der Waals surface area (Å²) in [6.45, 7) is 1.94. The van der Waals surface area contributed by atoms with Gasteiger partial charge in [-0.2, -0.15) is 0 Å². The number of ketones is 2. The van der Waals surface area contributed by atoms with Crippen LogP contribution in [-0.4, -0.2) is 17.5 Å². The Bertz CT molecular complexity index is 1390. The molecule has 0 aliphatic heterocycles. The summed E-state index contributed by atoms with van der Waals surface area (Å²) >= 11 is 0. The molecule has 1 aliphatic carbocycles. The molecule has 0 amide bonds. The molecule has 4 aromatic carbocycles. The first-order chi connectivity index (χ1) is 16.0. The fraction of sp³-hybridized carbons (Fsp3) is 0.0690. The third kappa shape index (κ3) is 3.76. The van der Waals surface area contributed by atoms with Gasteiger partial charge < -0.3 is 4.74 Å². The summed E-state index contributed by atoms with van der Waals surface area (Å²) in [6, 6.07) is 28.4. The van der Waals surface area contributed by atoms with E-state index >= 15 is 0 Å². The van der Waals surface area contributed by atoms with Crippen molar-refractivity contribution in [1.82, 2.24) is 0 Å². The molecule has 0 heterocycles. The number of esters is 1. The lowest BCUT2D eigenvalue weighted by Gasteiger charge is -2.18. The van der Waals surface area contributed by atoms with E-state index < -0.39 is 12.1 Å². The van der Waals surface area contributed by atoms with Crippen LogP contribution in [0.4, 0.5) is 0 Å². The van der Waals surface area contributed by atoms with Gasteiger partial charge in [0.2, 0.25) is 5.78 Å². The Labute approximate surface area is 191 Å². The summed E-state index contributed by atoms with van der Waals surface area (Å²) in [7, 11) is 0. The minimum absolute atomic E-state index is 0.0581. The van der Waals surface area contributed by atoms with E-state index in [2.05, 4.69) is 0 Å². The fourth-order valence-electron chi connectivity index (χ4n) is 4.10. The molecule has 0 unspecified atom stereocenters. The second kappa shape index (κ2) is 8.32. The Morgan fingerprint density at radius 1 is 0.667 bits per heavy atom. The van der Waals surface area contributed by atoms with Crippen LogP contribution in [0.5, 0.6) is 0 Å². The van der Waals surface area contributed by atoms with E-state index in [9.17, 15) is 14.4 Å². The number of ether oxygens (including phenoxy) is 1. The van der Waals surface area contributed by atoms with Crippen LogP contribution in [0.1, 0.15) is 53.9 Å². The quantitative estimate of drug-likeness (QED) is 0.253. The molecule has 160 valence electrons. The molecule has 1 atom stereocenters. The van der Waals surface area contributed by atoms with Gasteiger partial charge >= 0.3 is 5.97 Å². The van der Waals surface area contributed by atoms with Gasteiger partial charge in [0.05, 0.1) is 5.56 Å². The minimum atomic E-state index is -1.08. The molecule has 33 heavy (non-hydrogen) atoms. The number of hydrogen-bond donors (Lipinski definition) is 0. The predicted molar refractivity (Wildman–Crippen MR) is 125 cm³/mol. The van der Waals surface area contributed by atoms with Crippen molar-refractivity contribution in [3.05, 3.63) is 130 Å². The molecule has 5 rings (SSSR count). The van der Waals surface area contributed by atoms with Gasteiger partial charge in [-0.15, -0.1) is 0 Å². The van der Waals surface area contributed by atoms with Crippen LogP contribution in [-0.2, 0) is 4.74 Å². The highest BCUT2D eigenvalue weighted by Crippen LogP contribution is 2.37. The highest BCUT2D eigenvalue weighted by atomic mass is 16.5. The summed E-state index contributed by atoms with van der Waals surface area (Å²) < 4.78 is 5.77. The number of Topliss-reactive ketones (excluding diaryl/α,β-unsaturated/α-hetero) is 1. The monoisotopic (exact) mass is 432 g/mol. The predicted octanol–water partition coefficient (Wildman–Crippen LogP) is 5.99. The molecule has 4 nitrogen and oxygen atoms in total. The number of rotatable bonds is 5. The van der Waals surface area contributed by atoms with Crippen LogP contribution in [0.2, 0.25) is 0 Å². The van der Waals surface area contributed by atoms with Crippen molar-refractivity contribution in [3.63, 3.8) is 0 Å². The summed E-state index contributed by atoms with van der Waals surface area (Å²) in [5, 5.41) is 0. The fourth-order valence-corrected chi connectivity index (χ4v) is 4.10. The Balaban J connectivity index is 1.48. The van der Waals surface area contributed by atoms with Gasteiger partial charge in [-0.3, -0.25) is 9.59 Å². The summed E-state index contributed by atoms with van der Waals surface area (Å²) in [6.07, 6.45) is -1.08. The smallest absolute Gasteiger partial charge is 0.339 e. The van der Waals surface area contributed by atoms with Crippen molar-refractivity contribution < 1.29 is 19.1 Å². The zero-order chi connectivity index (χ0) is 22.9. The second-order valence-corrected chi connectivity index (χ2v) is 8.06. The van der Waals surface area contributed by atoms with Crippen molar-refractivity contribution >= 4 is 17.5 Å². The number of fused-ring (bicyclic) bond motifs is 3. The Hall–Kier alpha value is -4.31. The van der Waals surface area contributed by atoms with Crippen molar-refractivity contribution in [1.29, 1.82) is 0 Å². The van der Waals surface area contributed by atoms with E-state index in [0.29, 0.717) is 27.8 Å². The van der Waals surface area contributed by atoms with Gasteiger partial charge in [-0.25, -0.2) is 4.79 Å². The summed E-state index contributed by atoms with van der Waals surface area (Å²) in [4.78, 5) is 39.1. The molecule has 0 fully saturated rings. The average molecular weight is 432 g/mol. The molecule has 0 spiro atoms. The topological polar surface area (TPSA) is 60.4 Å². The number of carbonyl (C=O) groups excluding carboxylic acids is 3. The van der Waals surface area contributed by atoms with Crippen LogP contribution in [0, 0.1) is 6.92 Å². The largest absolute Gasteiger partial charge is 0.445 e. The van der Waals surface area contributed by atoms with E-state index in [-0.39, 0.29) is 17.1 Å². The van der Waals surface area contributed by atoms with E-state index in [1.807, 2.05) is 43.3 Å². The Morgan fingerprint density at radius 2 is 1.27 bits per heavy atom. The van der Waals surface area contributed by atoms with Crippen LogP contribution < -0.4 is 0 Å². The van der Waals surface area contributed by atoms with Crippen molar-refractivity contribution in [2.24, 2.45) is 0 Å². The van der Waals surface area contributed by atoms with Crippen molar-refractivity contribution in [2.75, 3.05) is 0 Å². The number of benzene rings is 4. The van der Waals surface area contributed by atoms with Crippen molar-refractivity contribution in [3.8, 4) is 11.1 Å². The first kappa shape index (κ1) is 20.6. The molecule has 4 aromatic rings. The van der Waals surface area contributed by atoms with Gasteiger partial charge in [0.25, 0.3) is 0 Å². The average Bonchev–Trinajstić information content (AvgIpc) is 3.14. The summed E-state index contributed by atoms with van der Waals surface area (Å²) in [5.41, 5.74) is 5.06. The lowest BCUT2D eigenvalue weighted by molar-refractivity contribution is 0.0280. The van der Waals surface area contributed by atoms with Gasteiger partial charge in [0.15, 0.2) is 11.9 Å². The molecule has 0 N–H and O–H groups in total. The highest BCUT2D eigenvalue weighted by molar-refractivity contribution is 6.22. The number of hydrogen-bond acceptors (Lipinski definition) is 4. The van der Waals surface area contributed by atoms with Crippen LogP contribution in [0.3, 0.4) is 0 Å². The normalized spacial score (nSPS) is 12.6. The minimum Gasteiger partial charge on any atom is -0.445 e. The van der Waals surface area contributed by atoms with E-state index in [4.69, 9.17) is 4.74 Å². The zero-order valence-electron chi connectivity index (χ0n) is 17.9. The molecule has 4 heteroatoms. The third-order valence-electron chi connectivity index (χ3n) is 5.86. The molecular weight excluding hydrogens is 412 g/mol. The lowest BCUT2D eigenvalue weighted by Crippen LogP contribution is -2.20. The first-order valence-electron chi connectivity index (χ1n) is 10.7. The summed E-state index contributed by atoms with van der Waals surface area (Å²) in [5.74, 6) is -0.975. The third-order valence-corrected chi connectivity index (χ3v) is 5.86. The number of carbonyl (C=O) groups is 3. The second-order valence-electron chi connectivity index (χ2n) is 8.06. The molecule has 0 aromatic heterocycles. The van der Waals surface area contributed by atoms with Crippen LogP contribution in [0.15, 0.2) is 97.1 Å². The van der Waals surface area contributed by atoms with E-state index in [1.165, 1.54) is 0 Å². The van der Waals surface area contributed by atoms with Gasteiger partial charge in [-0.05, 0) is 36.2 Å². The molecule has 0 radical (unpaired) electrons. The SMILES string of the molecule is Cc1ccc(C(=O)[C@@H](OC(=O)c2ccc3c(c2)-c2ccccc2C3=O)c2ccccc2)cc1. The Morgan fingerprint density at radius 3 is 2.00 bits per heavy atom. The maximum Gasteiger partial charge on any atom is 0.339 e. The van der Waals surface area contributed by atoms with E-state index in [1.54, 1.807) is 60.7 Å². The molecule has 0 bridgehead atoms. The zero-order valence-corrected chi connectivity index (χ0v) is 17.9. The molecule has 0 saturated carbocycles. The maximum atomic E-state index is 13.3. The Kier molecular flexibility index (Phi) is 5.19. The van der Waals surface area contributed by atoms with Gasteiger partial charge in [0.1, 0.15) is 0 Å². The molecule has 1 aliphatic rings. The van der Waals surface area contributed by atoms with Crippen LogP contribution in [0.25, 0.3) is 11.1 Å².